The van der Waals surface area contributed by atoms with Crippen LogP contribution < -0.4 is 5.32 Å². The summed E-state index contributed by atoms with van der Waals surface area (Å²) in [5.74, 6) is 0. The first-order valence-electron chi connectivity index (χ1n) is 6.50. The largest absolute Gasteiger partial charge is 0.310 e. The Hall–Kier alpha value is -0.670. The van der Waals surface area contributed by atoms with E-state index < -0.39 is 0 Å². The first-order valence-corrected chi connectivity index (χ1v) is 8.07. The maximum absolute atomic E-state index is 6.33. The number of benzene rings is 2. The highest BCUT2D eigenvalue weighted by Gasteiger charge is 2.06. The molecule has 0 aliphatic carbocycles. The van der Waals surface area contributed by atoms with Crippen molar-refractivity contribution in [2.75, 3.05) is 0 Å². The van der Waals surface area contributed by atoms with E-state index in [1.807, 2.05) is 30.3 Å². The fraction of sp³-hybridized carbons (Fsp3) is 0.250. The highest BCUT2D eigenvalue weighted by atomic mass is 35.5. The molecule has 2 aromatic carbocycles. The van der Waals surface area contributed by atoms with Gasteiger partial charge in [0.2, 0.25) is 0 Å². The standard InChI is InChI=1S/C16H17Cl2NS/c1-11(2)19-10-12-7-8-13(9-15(12)18)20-16-6-4-3-5-14(16)17/h3-9,11,19H,10H2,1-2H3. The van der Waals surface area contributed by atoms with Crippen LogP contribution in [0.3, 0.4) is 0 Å². The monoisotopic (exact) mass is 325 g/mol. The van der Waals surface area contributed by atoms with Crippen molar-refractivity contribution in [1.29, 1.82) is 0 Å². The Labute approximate surface area is 134 Å². The fourth-order valence-electron chi connectivity index (χ4n) is 1.70. The van der Waals surface area contributed by atoms with Gasteiger partial charge in [0.1, 0.15) is 0 Å². The van der Waals surface area contributed by atoms with Crippen LogP contribution in [0.25, 0.3) is 0 Å². The number of nitrogens with one attached hydrogen (secondary N) is 1. The average Bonchev–Trinajstić information content (AvgIpc) is 2.40. The summed E-state index contributed by atoms with van der Waals surface area (Å²) in [5.41, 5.74) is 1.11. The van der Waals surface area contributed by atoms with Gasteiger partial charge in [0.15, 0.2) is 0 Å². The number of hydrogen-bond acceptors (Lipinski definition) is 2. The van der Waals surface area contributed by atoms with Gasteiger partial charge in [-0.25, -0.2) is 0 Å². The summed E-state index contributed by atoms with van der Waals surface area (Å²) < 4.78 is 0. The molecule has 0 aromatic heterocycles. The molecule has 1 nitrogen and oxygen atoms in total. The molecule has 0 saturated heterocycles. The predicted octanol–water partition coefficient (Wildman–Crippen LogP) is 5.64. The molecule has 0 spiro atoms. The number of rotatable bonds is 5. The summed E-state index contributed by atoms with van der Waals surface area (Å²) in [5, 5.41) is 4.92. The topological polar surface area (TPSA) is 12.0 Å². The van der Waals surface area contributed by atoms with Crippen molar-refractivity contribution in [2.45, 2.75) is 36.2 Å². The Bertz CT molecular complexity index is 584. The first-order chi connectivity index (χ1) is 9.56. The maximum Gasteiger partial charge on any atom is 0.0545 e. The molecule has 0 amide bonds. The van der Waals surface area contributed by atoms with Crippen molar-refractivity contribution in [2.24, 2.45) is 0 Å². The molecule has 0 unspecified atom stereocenters. The third-order valence-electron chi connectivity index (χ3n) is 2.79. The zero-order valence-electron chi connectivity index (χ0n) is 11.5. The zero-order valence-corrected chi connectivity index (χ0v) is 13.8. The van der Waals surface area contributed by atoms with Crippen LogP contribution in [-0.4, -0.2) is 6.04 Å². The van der Waals surface area contributed by atoms with Gasteiger partial charge in [-0.3, -0.25) is 0 Å². The van der Waals surface area contributed by atoms with Crippen molar-refractivity contribution < 1.29 is 0 Å². The molecule has 2 rings (SSSR count). The van der Waals surface area contributed by atoms with Crippen molar-refractivity contribution in [3.8, 4) is 0 Å². The van der Waals surface area contributed by atoms with Gasteiger partial charge in [-0.2, -0.15) is 0 Å². The second-order valence-corrected chi connectivity index (χ2v) is 6.75. The fourth-order valence-corrected chi connectivity index (χ4v) is 3.15. The molecule has 1 N–H and O–H groups in total. The molecule has 0 radical (unpaired) electrons. The van der Waals surface area contributed by atoms with E-state index >= 15 is 0 Å². The van der Waals surface area contributed by atoms with E-state index in [1.165, 1.54) is 0 Å². The number of hydrogen-bond donors (Lipinski definition) is 1. The van der Waals surface area contributed by atoms with E-state index in [2.05, 4.69) is 31.3 Å². The average molecular weight is 326 g/mol. The van der Waals surface area contributed by atoms with Crippen molar-refractivity contribution in [3.63, 3.8) is 0 Å². The Morgan fingerprint density at radius 3 is 2.45 bits per heavy atom. The van der Waals surface area contributed by atoms with Crippen LogP contribution in [-0.2, 0) is 6.54 Å². The summed E-state index contributed by atoms with van der Waals surface area (Å²) in [6.45, 7) is 5.03. The van der Waals surface area contributed by atoms with Gasteiger partial charge in [-0.05, 0) is 29.8 Å². The van der Waals surface area contributed by atoms with Crippen LogP contribution in [0.2, 0.25) is 10.0 Å². The van der Waals surface area contributed by atoms with Crippen LogP contribution in [0.5, 0.6) is 0 Å². The molecule has 0 aliphatic rings. The highest BCUT2D eigenvalue weighted by molar-refractivity contribution is 7.99. The van der Waals surface area contributed by atoms with E-state index in [4.69, 9.17) is 23.2 Å². The summed E-state index contributed by atoms with van der Waals surface area (Å²) >= 11 is 14.1. The Morgan fingerprint density at radius 2 is 1.80 bits per heavy atom. The van der Waals surface area contributed by atoms with Crippen LogP contribution in [0.1, 0.15) is 19.4 Å². The molecular weight excluding hydrogens is 309 g/mol. The third-order valence-corrected chi connectivity index (χ3v) is 4.65. The molecule has 0 aliphatic heterocycles. The van der Waals surface area contributed by atoms with Crippen molar-refractivity contribution in [3.05, 3.63) is 58.1 Å². The Kier molecular flexibility index (Phi) is 5.79. The second-order valence-electron chi connectivity index (χ2n) is 4.82. The summed E-state index contributed by atoms with van der Waals surface area (Å²) in [6, 6.07) is 14.4. The van der Waals surface area contributed by atoms with Gasteiger partial charge >= 0.3 is 0 Å². The summed E-state index contributed by atoms with van der Waals surface area (Å²) in [4.78, 5) is 2.13. The van der Waals surface area contributed by atoms with Gasteiger partial charge in [-0.1, -0.05) is 67.0 Å². The van der Waals surface area contributed by atoms with Gasteiger partial charge in [0.05, 0.1) is 5.02 Å². The molecule has 20 heavy (non-hydrogen) atoms. The molecular formula is C16H17Cl2NS. The quantitative estimate of drug-likeness (QED) is 0.763. The molecule has 0 fully saturated rings. The Morgan fingerprint density at radius 1 is 1.05 bits per heavy atom. The van der Waals surface area contributed by atoms with Gasteiger partial charge in [0.25, 0.3) is 0 Å². The molecule has 0 atom stereocenters. The van der Waals surface area contributed by atoms with E-state index in [-0.39, 0.29) is 0 Å². The van der Waals surface area contributed by atoms with E-state index in [9.17, 15) is 0 Å². The molecule has 0 bridgehead atoms. The second kappa shape index (κ2) is 7.37. The lowest BCUT2D eigenvalue weighted by atomic mass is 10.2. The molecule has 2 aromatic rings. The minimum Gasteiger partial charge on any atom is -0.310 e. The molecule has 4 heteroatoms. The van der Waals surface area contributed by atoms with Gasteiger partial charge in [-0.15, -0.1) is 0 Å². The molecule has 0 saturated carbocycles. The van der Waals surface area contributed by atoms with Crippen LogP contribution in [0.15, 0.2) is 52.3 Å². The van der Waals surface area contributed by atoms with E-state index in [0.717, 1.165) is 31.9 Å². The molecule has 106 valence electrons. The maximum atomic E-state index is 6.33. The lowest BCUT2D eigenvalue weighted by Gasteiger charge is -2.11. The first kappa shape index (κ1) is 15.7. The minimum atomic E-state index is 0.447. The van der Waals surface area contributed by atoms with Crippen LogP contribution in [0, 0.1) is 0 Å². The number of halogens is 2. The molecule has 0 heterocycles. The Balaban J connectivity index is 2.11. The predicted molar refractivity (Wildman–Crippen MR) is 89.0 cm³/mol. The third kappa shape index (κ3) is 4.42. The van der Waals surface area contributed by atoms with Crippen LogP contribution in [0.4, 0.5) is 0 Å². The minimum absolute atomic E-state index is 0.447. The highest BCUT2D eigenvalue weighted by Crippen LogP contribution is 2.34. The lowest BCUT2D eigenvalue weighted by Crippen LogP contribution is -2.21. The van der Waals surface area contributed by atoms with E-state index in [1.54, 1.807) is 11.8 Å². The lowest BCUT2D eigenvalue weighted by molar-refractivity contribution is 0.589. The normalized spacial score (nSPS) is 11.1. The van der Waals surface area contributed by atoms with Gasteiger partial charge < -0.3 is 5.32 Å². The SMILES string of the molecule is CC(C)NCc1ccc(Sc2ccccc2Cl)cc1Cl. The van der Waals surface area contributed by atoms with Crippen molar-refractivity contribution >= 4 is 35.0 Å². The van der Waals surface area contributed by atoms with Crippen molar-refractivity contribution in [1.82, 2.24) is 5.32 Å². The smallest absolute Gasteiger partial charge is 0.0545 e. The zero-order chi connectivity index (χ0) is 14.5. The van der Waals surface area contributed by atoms with Crippen LogP contribution >= 0.6 is 35.0 Å². The van der Waals surface area contributed by atoms with Gasteiger partial charge in [0, 0.05) is 27.4 Å². The van der Waals surface area contributed by atoms with E-state index in [0.29, 0.717) is 6.04 Å². The summed E-state index contributed by atoms with van der Waals surface area (Å²) in [7, 11) is 0. The summed E-state index contributed by atoms with van der Waals surface area (Å²) in [6.07, 6.45) is 0.